The van der Waals surface area contributed by atoms with Crippen molar-refractivity contribution >= 4 is 32.6 Å². The Kier molecular flexibility index (Phi) is 6.08. The molecule has 0 saturated heterocycles. The van der Waals surface area contributed by atoms with E-state index >= 15 is 0 Å². The maximum Gasteiger partial charge on any atom is 0.114 e. The van der Waals surface area contributed by atoms with Gasteiger partial charge in [0.15, 0.2) is 0 Å². The zero-order valence-electron chi connectivity index (χ0n) is 23.9. The molecule has 8 rings (SSSR count). The molecule has 0 radical (unpaired) electrons. The first-order chi connectivity index (χ1) is 21.3. The van der Waals surface area contributed by atoms with E-state index in [4.69, 9.17) is 4.98 Å². The molecule has 2 heterocycles. The number of benzene rings is 6. The Balaban J connectivity index is 1.41. The van der Waals surface area contributed by atoms with Crippen molar-refractivity contribution < 1.29 is 0 Å². The molecule has 8 aromatic rings. The maximum atomic E-state index is 5.01. The van der Waals surface area contributed by atoms with Crippen LogP contribution in [0, 0.1) is 0 Å². The van der Waals surface area contributed by atoms with Crippen LogP contribution in [0.4, 0.5) is 0 Å². The molecule has 0 unspecified atom stereocenters. The van der Waals surface area contributed by atoms with Crippen LogP contribution < -0.4 is 0 Å². The number of imidazole rings is 1. The van der Waals surface area contributed by atoms with Crippen LogP contribution >= 0.6 is 0 Å². The minimum absolute atomic E-state index is 0.846. The SMILES string of the molecule is CCc1nc2ccccc2n1-c1ccccc1-c1c2ccccc2c(-c2ccc(-c3cccnc3)cc2)c2ccccc12. The van der Waals surface area contributed by atoms with Crippen molar-refractivity contribution in [2.75, 3.05) is 0 Å². The number of hydrogen-bond donors (Lipinski definition) is 0. The minimum Gasteiger partial charge on any atom is -0.296 e. The first-order valence-corrected chi connectivity index (χ1v) is 14.8. The van der Waals surface area contributed by atoms with Gasteiger partial charge < -0.3 is 0 Å². The van der Waals surface area contributed by atoms with E-state index in [1.165, 1.54) is 43.8 Å². The molecule has 6 aromatic carbocycles. The number of nitrogens with zero attached hydrogens (tertiary/aromatic N) is 3. The smallest absolute Gasteiger partial charge is 0.114 e. The average molecular weight is 552 g/mol. The van der Waals surface area contributed by atoms with Crippen LogP contribution in [0.2, 0.25) is 0 Å². The molecule has 3 nitrogen and oxygen atoms in total. The second-order valence-corrected chi connectivity index (χ2v) is 10.9. The standard InChI is InChI=1S/C40H29N3/c1-2-38-42-35-18-8-10-20-37(35)43(38)36-19-9-7-17-34(36)40-32-15-5-3-13-30(32)39(31-14-4-6-16-33(31)40)28-23-21-27(22-24-28)29-12-11-25-41-26-29/h3-26H,2H2,1H3. The minimum atomic E-state index is 0.846. The number of fused-ring (bicyclic) bond motifs is 3. The van der Waals surface area contributed by atoms with Gasteiger partial charge >= 0.3 is 0 Å². The van der Waals surface area contributed by atoms with Crippen molar-refractivity contribution in [1.29, 1.82) is 0 Å². The predicted octanol–water partition coefficient (Wildman–Crippen LogP) is 10.3. The quantitative estimate of drug-likeness (QED) is 0.199. The van der Waals surface area contributed by atoms with Crippen molar-refractivity contribution in [3.63, 3.8) is 0 Å². The number of aromatic nitrogens is 3. The van der Waals surface area contributed by atoms with Gasteiger partial charge in [-0.25, -0.2) is 4.98 Å². The lowest BCUT2D eigenvalue weighted by Gasteiger charge is -2.20. The largest absolute Gasteiger partial charge is 0.296 e. The lowest BCUT2D eigenvalue weighted by molar-refractivity contribution is 0.909. The fourth-order valence-corrected chi connectivity index (χ4v) is 6.55. The van der Waals surface area contributed by atoms with Gasteiger partial charge in [-0.15, -0.1) is 0 Å². The summed E-state index contributed by atoms with van der Waals surface area (Å²) in [6.45, 7) is 2.18. The Hall–Kier alpha value is -5.54. The molecule has 3 heteroatoms. The summed E-state index contributed by atoms with van der Waals surface area (Å²) in [4.78, 5) is 9.32. The molecule has 0 saturated carbocycles. The van der Waals surface area contributed by atoms with Gasteiger partial charge in [0.2, 0.25) is 0 Å². The van der Waals surface area contributed by atoms with Crippen molar-refractivity contribution in [2.45, 2.75) is 13.3 Å². The van der Waals surface area contributed by atoms with Gasteiger partial charge in [0.25, 0.3) is 0 Å². The lowest BCUT2D eigenvalue weighted by atomic mass is 9.85. The summed E-state index contributed by atoms with van der Waals surface area (Å²) >= 11 is 0. The Morgan fingerprint density at radius 3 is 1.81 bits per heavy atom. The second kappa shape index (κ2) is 10.4. The molecule has 0 spiro atoms. The van der Waals surface area contributed by atoms with Crippen LogP contribution in [0.25, 0.3) is 71.6 Å². The van der Waals surface area contributed by atoms with Crippen LogP contribution in [0.15, 0.2) is 146 Å². The van der Waals surface area contributed by atoms with E-state index in [1.807, 2.05) is 18.5 Å². The van der Waals surface area contributed by atoms with E-state index in [0.29, 0.717) is 0 Å². The molecule has 0 fully saturated rings. The van der Waals surface area contributed by atoms with E-state index in [9.17, 15) is 0 Å². The Bertz CT molecular complexity index is 2200. The summed E-state index contributed by atoms with van der Waals surface area (Å²) in [6, 6.07) is 47.9. The highest BCUT2D eigenvalue weighted by atomic mass is 15.1. The number of hydrogen-bond acceptors (Lipinski definition) is 2. The molecular formula is C40H29N3. The van der Waals surface area contributed by atoms with Crippen molar-refractivity contribution in [1.82, 2.24) is 14.5 Å². The van der Waals surface area contributed by atoms with Gasteiger partial charge in [-0.3, -0.25) is 9.55 Å². The van der Waals surface area contributed by atoms with Crippen LogP contribution in [0.3, 0.4) is 0 Å². The van der Waals surface area contributed by atoms with Crippen molar-refractivity contribution in [3.05, 3.63) is 152 Å². The van der Waals surface area contributed by atoms with E-state index in [0.717, 1.165) is 40.1 Å². The summed E-state index contributed by atoms with van der Waals surface area (Å²) in [5.41, 5.74) is 10.5. The zero-order chi connectivity index (χ0) is 28.8. The molecule has 2 aromatic heterocycles. The first-order valence-electron chi connectivity index (χ1n) is 14.8. The molecule has 204 valence electrons. The summed E-state index contributed by atoms with van der Waals surface area (Å²) in [5.74, 6) is 1.06. The highest BCUT2D eigenvalue weighted by Crippen LogP contribution is 2.45. The zero-order valence-corrected chi connectivity index (χ0v) is 23.9. The monoisotopic (exact) mass is 551 g/mol. The van der Waals surface area contributed by atoms with Crippen molar-refractivity contribution in [3.8, 4) is 39.1 Å². The fourth-order valence-electron chi connectivity index (χ4n) is 6.55. The molecule has 0 bridgehead atoms. The molecular weight excluding hydrogens is 522 g/mol. The maximum absolute atomic E-state index is 5.01. The molecule has 0 aliphatic heterocycles. The van der Waals surface area contributed by atoms with Gasteiger partial charge in [-0.05, 0) is 73.6 Å². The van der Waals surface area contributed by atoms with E-state index in [-0.39, 0.29) is 0 Å². The first kappa shape index (κ1) is 25.2. The number of para-hydroxylation sites is 3. The molecule has 0 amide bonds. The fraction of sp³-hybridized carbons (Fsp3) is 0.0500. The molecule has 0 aliphatic carbocycles. The Morgan fingerprint density at radius 2 is 1.14 bits per heavy atom. The molecule has 0 atom stereocenters. The second-order valence-electron chi connectivity index (χ2n) is 10.9. The third kappa shape index (κ3) is 4.12. The number of pyridine rings is 1. The van der Waals surface area contributed by atoms with Crippen molar-refractivity contribution in [2.24, 2.45) is 0 Å². The van der Waals surface area contributed by atoms with Crippen LogP contribution in [-0.4, -0.2) is 14.5 Å². The number of rotatable bonds is 5. The predicted molar refractivity (Wildman–Crippen MR) is 180 cm³/mol. The van der Waals surface area contributed by atoms with Crippen LogP contribution in [-0.2, 0) is 6.42 Å². The van der Waals surface area contributed by atoms with Gasteiger partial charge in [-0.2, -0.15) is 0 Å². The molecule has 43 heavy (non-hydrogen) atoms. The number of aryl methyl sites for hydroxylation is 1. The normalized spacial score (nSPS) is 11.5. The van der Waals surface area contributed by atoms with Gasteiger partial charge in [0.05, 0.1) is 16.7 Å². The summed E-state index contributed by atoms with van der Waals surface area (Å²) in [7, 11) is 0. The lowest BCUT2D eigenvalue weighted by Crippen LogP contribution is -2.03. The third-order valence-corrected chi connectivity index (χ3v) is 8.46. The van der Waals surface area contributed by atoms with E-state index in [2.05, 4.69) is 144 Å². The molecule has 0 aliphatic rings. The van der Waals surface area contributed by atoms with Crippen LogP contribution in [0.1, 0.15) is 12.7 Å². The van der Waals surface area contributed by atoms with E-state index < -0.39 is 0 Å². The highest BCUT2D eigenvalue weighted by molar-refractivity contribution is 6.22. The third-order valence-electron chi connectivity index (χ3n) is 8.46. The summed E-state index contributed by atoms with van der Waals surface area (Å²) in [6.07, 6.45) is 4.58. The highest BCUT2D eigenvalue weighted by Gasteiger charge is 2.20. The Morgan fingerprint density at radius 1 is 0.535 bits per heavy atom. The molecule has 0 N–H and O–H groups in total. The average Bonchev–Trinajstić information content (AvgIpc) is 3.46. The topological polar surface area (TPSA) is 30.7 Å². The van der Waals surface area contributed by atoms with E-state index in [1.54, 1.807) is 0 Å². The Labute approximate surface area is 250 Å². The van der Waals surface area contributed by atoms with Gasteiger partial charge in [-0.1, -0.05) is 116 Å². The summed E-state index contributed by atoms with van der Waals surface area (Å²) < 4.78 is 2.35. The summed E-state index contributed by atoms with van der Waals surface area (Å²) in [5, 5.41) is 4.96. The van der Waals surface area contributed by atoms with Gasteiger partial charge in [0, 0.05) is 24.4 Å². The van der Waals surface area contributed by atoms with Crippen LogP contribution in [0.5, 0.6) is 0 Å². The van der Waals surface area contributed by atoms with Gasteiger partial charge in [0.1, 0.15) is 5.82 Å².